The smallest absolute Gasteiger partial charge is 0.336 e. The number of aryl methyl sites for hydroxylation is 1. The average molecular weight is 445 g/mol. The van der Waals surface area contributed by atoms with Crippen molar-refractivity contribution in [2.75, 3.05) is 0 Å². The molecule has 0 spiro atoms. The Morgan fingerprint density at radius 2 is 1.73 bits per heavy atom. The molecular formula is C22H18Cl2N2O4. The van der Waals surface area contributed by atoms with Gasteiger partial charge in [0.05, 0.1) is 6.54 Å². The summed E-state index contributed by atoms with van der Waals surface area (Å²) in [6, 6.07) is 10.9. The van der Waals surface area contributed by atoms with Gasteiger partial charge in [-0.15, -0.1) is 0 Å². The number of nitrogens with one attached hydrogen (secondary N) is 1. The van der Waals surface area contributed by atoms with Crippen LogP contribution in [0.25, 0.3) is 11.0 Å². The van der Waals surface area contributed by atoms with E-state index in [9.17, 15) is 14.4 Å². The molecule has 1 aromatic heterocycles. The molecule has 0 radical (unpaired) electrons. The SMILES string of the molecule is CCc1cc2oc(=O)cc(CN3C(=O)NC(C)(c4ccc(Cl)cc4)C3=O)c2cc1Cl. The molecule has 4 rings (SSSR count). The van der Waals surface area contributed by atoms with Gasteiger partial charge in [-0.3, -0.25) is 9.69 Å². The van der Waals surface area contributed by atoms with E-state index in [1.54, 1.807) is 43.3 Å². The van der Waals surface area contributed by atoms with Gasteiger partial charge in [-0.25, -0.2) is 9.59 Å². The van der Waals surface area contributed by atoms with Gasteiger partial charge in [-0.05, 0) is 54.3 Å². The number of fused-ring (bicyclic) bond motifs is 1. The molecule has 3 aromatic rings. The molecule has 1 atom stereocenters. The third-order valence-electron chi connectivity index (χ3n) is 5.40. The number of carbonyl (C=O) groups excluding carboxylic acids is 2. The van der Waals surface area contributed by atoms with Crippen molar-refractivity contribution in [3.05, 3.63) is 79.6 Å². The van der Waals surface area contributed by atoms with Crippen molar-refractivity contribution in [3.63, 3.8) is 0 Å². The van der Waals surface area contributed by atoms with E-state index >= 15 is 0 Å². The maximum Gasteiger partial charge on any atom is 0.336 e. The zero-order valence-electron chi connectivity index (χ0n) is 16.3. The van der Waals surface area contributed by atoms with E-state index in [0.29, 0.717) is 38.6 Å². The van der Waals surface area contributed by atoms with E-state index in [1.807, 2.05) is 6.92 Å². The first-order valence-electron chi connectivity index (χ1n) is 9.38. The Morgan fingerprint density at radius 3 is 2.40 bits per heavy atom. The van der Waals surface area contributed by atoms with Crippen LogP contribution in [0.1, 0.15) is 30.5 Å². The van der Waals surface area contributed by atoms with Gasteiger partial charge in [0, 0.05) is 21.5 Å². The van der Waals surface area contributed by atoms with Crippen molar-refractivity contribution < 1.29 is 14.0 Å². The van der Waals surface area contributed by atoms with Gasteiger partial charge in [-0.1, -0.05) is 42.3 Å². The second-order valence-electron chi connectivity index (χ2n) is 7.34. The molecule has 1 saturated heterocycles. The molecule has 6 nitrogen and oxygen atoms in total. The molecule has 1 aliphatic rings. The van der Waals surface area contributed by atoms with Crippen LogP contribution < -0.4 is 10.9 Å². The third-order valence-corrected chi connectivity index (χ3v) is 6.01. The van der Waals surface area contributed by atoms with E-state index in [-0.39, 0.29) is 6.54 Å². The molecule has 154 valence electrons. The Kier molecular flexibility index (Phi) is 5.08. The Morgan fingerprint density at radius 1 is 1.03 bits per heavy atom. The number of nitrogens with zero attached hydrogens (tertiary/aromatic N) is 1. The number of halogens is 2. The normalized spacial score (nSPS) is 18.9. The summed E-state index contributed by atoms with van der Waals surface area (Å²) in [5.74, 6) is -0.424. The number of urea groups is 1. The van der Waals surface area contributed by atoms with Crippen LogP contribution >= 0.6 is 23.2 Å². The number of imide groups is 1. The van der Waals surface area contributed by atoms with E-state index in [0.717, 1.165) is 10.5 Å². The van der Waals surface area contributed by atoms with Crippen LogP contribution in [-0.2, 0) is 23.3 Å². The quantitative estimate of drug-likeness (QED) is 0.469. The highest BCUT2D eigenvalue weighted by Crippen LogP contribution is 2.32. The summed E-state index contributed by atoms with van der Waals surface area (Å²) in [6.07, 6.45) is 0.676. The van der Waals surface area contributed by atoms with Gasteiger partial charge >= 0.3 is 11.7 Å². The topological polar surface area (TPSA) is 79.6 Å². The molecule has 0 bridgehead atoms. The van der Waals surface area contributed by atoms with Crippen molar-refractivity contribution in [1.82, 2.24) is 10.2 Å². The minimum Gasteiger partial charge on any atom is -0.423 e. The van der Waals surface area contributed by atoms with Crippen LogP contribution in [0, 0.1) is 0 Å². The molecule has 0 aliphatic carbocycles. The highest BCUT2D eigenvalue weighted by atomic mass is 35.5. The molecule has 2 heterocycles. The third kappa shape index (κ3) is 3.36. The van der Waals surface area contributed by atoms with Gasteiger partial charge < -0.3 is 9.73 Å². The van der Waals surface area contributed by atoms with Crippen molar-refractivity contribution >= 4 is 46.1 Å². The average Bonchev–Trinajstić information content (AvgIpc) is 2.92. The summed E-state index contributed by atoms with van der Waals surface area (Å²) in [7, 11) is 0. The predicted octanol–water partition coefficient (Wildman–Crippen LogP) is 4.63. The van der Waals surface area contributed by atoms with Crippen LogP contribution in [-0.4, -0.2) is 16.8 Å². The molecule has 30 heavy (non-hydrogen) atoms. The fourth-order valence-electron chi connectivity index (χ4n) is 3.68. The molecular weight excluding hydrogens is 427 g/mol. The highest BCUT2D eigenvalue weighted by molar-refractivity contribution is 6.32. The Labute approximate surface area is 182 Å². The lowest BCUT2D eigenvalue weighted by molar-refractivity contribution is -0.131. The second kappa shape index (κ2) is 7.45. The number of hydrogen-bond donors (Lipinski definition) is 1. The standard InChI is InChI=1S/C22H18Cl2N2O4/c1-3-12-8-18-16(10-17(12)24)13(9-19(27)30-18)11-26-20(28)22(2,25-21(26)29)14-4-6-15(23)7-5-14/h4-10H,3,11H2,1-2H3,(H,25,29). The largest absolute Gasteiger partial charge is 0.423 e. The van der Waals surface area contributed by atoms with Crippen molar-refractivity contribution in [1.29, 1.82) is 0 Å². The van der Waals surface area contributed by atoms with Gasteiger partial charge in [0.25, 0.3) is 5.91 Å². The summed E-state index contributed by atoms with van der Waals surface area (Å²) >= 11 is 12.3. The number of carbonyl (C=O) groups is 2. The van der Waals surface area contributed by atoms with Gasteiger partial charge in [0.15, 0.2) is 0 Å². The lowest BCUT2D eigenvalue weighted by atomic mass is 9.92. The number of benzene rings is 2. The molecule has 1 fully saturated rings. The molecule has 0 saturated carbocycles. The number of hydrogen-bond acceptors (Lipinski definition) is 4. The van der Waals surface area contributed by atoms with Gasteiger partial charge in [-0.2, -0.15) is 0 Å². The Hall–Kier alpha value is -2.83. The summed E-state index contributed by atoms with van der Waals surface area (Å²) in [6.45, 7) is 3.50. The molecule has 1 N–H and O–H groups in total. The van der Waals surface area contributed by atoms with Crippen LogP contribution in [0.2, 0.25) is 10.0 Å². The first-order chi connectivity index (χ1) is 14.2. The summed E-state index contributed by atoms with van der Waals surface area (Å²) in [5.41, 5.74) is 0.509. The van der Waals surface area contributed by atoms with E-state index in [2.05, 4.69) is 5.32 Å². The lowest BCUT2D eigenvalue weighted by Crippen LogP contribution is -2.40. The Bertz CT molecular complexity index is 1240. The summed E-state index contributed by atoms with van der Waals surface area (Å²) < 4.78 is 5.31. The Balaban J connectivity index is 1.74. The maximum atomic E-state index is 13.2. The molecule has 1 unspecified atom stereocenters. The molecule has 1 aliphatic heterocycles. The first-order valence-corrected chi connectivity index (χ1v) is 10.1. The zero-order chi connectivity index (χ0) is 21.6. The minimum atomic E-state index is -1.23. The zero-order valence-corrected chi connectivity index (χ0v) is 17.8. The fourth-order valence-corrected chi connectivity index (χ4v) is 4.10. The van der Waals surface area contributed by atoms with E-state index in [1.165, 1.54) is 6.07 Å². The van der Waals surface area contributed by atoms with Crippen molar-refractivity contribution in [2.45, 2.75) is 32.4 Å². The molecule has 8 heteroatoms. The van der Waals surface area contributed by atoms with E-state index in [4.69, 9.17) is 27.6 Å². The first kappa shape index (κ1) is 20.4. The summed E-state index contributed by atoms with van der Waals surface area (Å²) in [4.78, 5) is 39.0. The summed E-state index contributed by atoms with van der Waals surface area (Å²) in [5, 5.41) is 4.39. The second-order valence-corrected chi connectivity index (χ2v) is 8.18. The van der Waals surface area contributed by atoms with Crippen molar-refractivity contribution in [3.8, 4) is 0 Å². The van der Waals surface area contributed by atoms with Crippen LogP contribution in [0.3, 0.4) is 0 Å². The molecule has 3 amide bonds. The fraction of sp³-hybridized carbons (Fsp3) is 0.227. The van der Waals surface area contributed by atoms with Gasteiger partial charge in [0.2, 0.25) is 0 Å². The van der Waals surface area contributed by atoms with Gasteiger partial charge in [0.1, 0.15) is 11.1 Å². The molecule has 2 aromatic carbocycles. The van der Waals surface area contributed by atoms with E-state index < -0.39 is 23.1 Å². The maximum absolute atomic E-state index is 13.2. The lowest BCUT2D eigenvalue weighted by Gasteiger charge is -2.22. The van der Waals surface area contributed by atoms with Crippen LogP contribution in [0.5, 0.6) is 0 Å². The number of amides is 3. The monoisotopic (exact) mass is 444 g/mol. The minimum absolute atomic E-state index is 0.0856. The van der Waals surface area contributed by atoms with Crippen molar-refractivity contribution in [2.24, 2.45) is 0 Å². The van der Waals surface area contributed by atoms with Crippen LogP contribution in [0.15, 0.2) is 51.7 Å². The highest BCUT2D eigenvalue weighted by Gasteiger charge is 2.49. The van der Waals surface area contributed by atoms with Crippen LogP contribution in [0.4, 0.5) is 4.79 Å². The predicted molar refractivity (Wildman–Crippen MR) is 115 cm³/mol. The number of rotatable bonds is 4.